The highest BCUT2D eigenvalue weighted by Crippen LogP contribution is 2.24. The standard InChI is InChI=1S/C19H14N4O2S/c1-12-2-8-15(9-3-12)23-18(24)16(26-19(23)25)10-13-4-6-14(7-5-13)17-20-11-21-22-17/h2-11,24H,1H3. The Hall–Kier alpha value is -3.32. The minimum Gasteiger partial charge on any atom is -0.493 e. The minimum atomic E-state index is -0.231. The molecule has 6 nitrogen and oxygen atoms in total. The highest BCUT2D eigenvalue weighted by Gasteiger charge is 2.13. The van der Waals surface area contributed by atoms with E-state index >= 15 is 0 Å². The number of azo groups is 1. The number of hydrogen-bond donors (Lipinski definition) is 1. The van der Waals surface area contributed by atoms with Crippen molar-refractivity contribution in [2.24, 2.45) is 15.2 Å². The number of nitrogens with zero attached hydrogens (tertiary/aromatic N) is 4. The Balaban J connectivity index is 1.76. The Morgan fingerprint density at radius 2 is 1.81 bits per heavy atom. The van der Waals surface area contributed by atoms with Crippen molar-refractivity contribution in [3.63, 3.8) is 0 Å². The molecule has 1 aliphatic heterocycles. The molecule has 7 heteroatoms. The van der Waals surface area contributed by atoms with E-state index in [4.69, 9.17) is 0 Å². The number of aliphatic imine (C=N–C) groups is 1. The molecule has 0 saturated heterocycles. The van der Waals surface area contributed by atoms with Gasteiger partial charge >= 0.3 is 4.87 Å². The summed E-state index contributed by atoms with van der Waals surface area (Å²) in [5.41, 5.74) is 1.73. The number of thiazole rings is 1. The molecule has 1 N–H and O–H groups in total. The molecule has 0 saturated carbocycles. The third-order valence-corrected chi connectivity index (χ3v) is 4.83. The van der Waals surface area contributed by atoms with Crippen LogP contribution in [0, 0.1) is 6.92 Å². The van der Waals surface area contributed by atoms with Gasteiger partial charge in [0.1, 0.15) is 6.34 Å². The lowest BCUT2D eigenvalue weighted by Crippen LogP contribution is -2.09. The molecule has 0 bridgehead atoms. The Morgan fingerprint density at radius 3 is 2.46 bits per heavy atom. The summed E-state index contributed by atoms with van der Waals surface area (Å²) in [6.45, 7) is 1.97. The minimum absolute atomic E-state index is 0.0588. The van der Waals surface area contributed by atoms with Gasteiger partial charge in [0.25, 0.3) is 0 Å². The average Bonchev–Trinajstić information content (AvgIpc) is 3.26. The predicted octanol–water partition coefficient (Wildman–Crippen LogP) is 2.30. The molecule has 1 aromatic heterocycles. The topological polar surface area (TPSA) is 79.3 Å². The maximum atomic E-state index is 12.3. The fourth-order valence-electron chi connectivity index (χ4n) is 2.60. The van der Waals surface area contributed by atoms with E-state index in [1.54, 1.807) is 6.08 Å². The van der Waals surface area contributed by atoms with Crippen molar-refractivity contribution in [1.29, 1.82) is 0 Å². The molecule has 26 heavy (non-hydrogen) atoms. The second-order valence-electron chi connectivity index (χ2n) is 5.78. The number of benzene rings is 2. The second-order valence-corrected chi connectivity index (χ2v) is 6.77. The molecule has 0 aliphatic carbocycles. The van der Waals surface area contributed by atoms with Gasteiger partial charge in [-0.25, -0.2) is 9.56 Å². The molecule has 2 heterocycles. The molecular weight excluding hydrogens is 348 g/mol. The molecule has 1 aliphatic rings. The van der Waals surface area contributed by atoms with Crippen molar-refractivity contribution in [1.82, 2.24) is 4.57 Å². The summed E-state index contributed by atoms with van der Waals surface area (Å²) < 4.78 is 1.31. The lowest BCUT2D eigenvalue weighted by molar-refractivity contribution is 0.440. The van der Waals surface area contributed by atoms with Crippen LogP contribution in [0.1, 0.15) is 10.4 Å². The van der Waals surface area contributed by atoms with E-state index in [9.17, 15) is 9.90 Å². The maximum absolute atomic E-state index is 12.3. The SMILES string of the molecule is Cc1ccc(-n2c(O)c(C=c3ccc(=C4N=CN=N4)cc3)sc2=O)cc1. The van der Waals surface area contributed by atoms with Crippen LogP contribution in [0.4, 0.5) is 0 Å². The van der Waals surface area contributed by atoms with Gasteiger partial charge < -0.3 is 5.11 Å². The first-order chi connectivity index (χ1) is 12.6. The Morgan fingerprint density at radius 1 is 1.08 bits per heavy atom. The molecule has 0 fully saturated rings. The molecule has 0 spiro atoms. The Kier molecular flexibility index (Phi) is 4.06. The smallest absolute Gasteiger partial charge is 0.315 e. The van der Waals surface area contributed by atoms with Crippen molar-refractivity contribution in [3.05, 3.63) is 79.1 Å². The monoisotopic (exact) mass is 362 g/mol. The molecule has 0 atom stereocenters. The molecule has 0 unspecified atom stereocenters. The number of aromatic hydroxyl groups is 1. The highest BCUT2D eigenvalue weighted by molar-refractivity contribution is 7.10. The van der Waals surface area contributed by atoms with Gasteiger partial charge in [-0.05, 0) is 30.4 Å². The first kappa shape index (κ1) is 16.2. The summed E-state index contributed by atoms with van der Waals surface area (Å²) in [7, 11) is 0. The van der Waals surface area contributed by atoms with Crippen LogP contribution in [0.2, 0.25) is 0 Å². The number of aromatic nitrogens is 1. The van der Waals surface area contributed by atoms with Crippen LogP contribution in [0.5, 0.6) is 5.88 Å². The van der Waals surface area contributed by atoms with Gasteiger partial charge in [0.2, 0.25) is 5.88 Å². The van der Waals surface area contributed by atoms with E-state index in [2.05, 4.69) is 15.2 Å². The van der Waals surface area contributed by atoms with Gasteiger partial charge in [0.15, 0.2) is 5.82 Å². The molecule has 4 rings (SSSR count). The van der Waals surface area contributed by atoms with E-state index in [1.807, 2.05) is 55.5 Å². The zero-order valence-electron chi connectivity index (χ0n) is 13.8. The summed E-state index contributed by atoms with van der Waals surface area (Å²) in [5.74, 6) is 0.506. The summed E-state index contributed by atoms with van der Waals surface area (Å²) in [6, 6.07) is 14.9. The molecule has 128 valence electrons. The zero-order valence-corrected chi connectivity index (χ0v) is 14.6. The number of aryl methyl sites for hydroxylation is 1. The number of hydrogen-bond acceptors (Lipinski definition) is 6. The third-order valence-electron chi connectivity index (χ3n) is 3.95. The van der Waals surface area contributed by atoms with Crippen LogP contribution in [0.25, 0.3) is 17.6 Å². The Labute approximate surface area is 152 Å². The van der Waals surface area contributed by atoms with Gasteiger partial charge in [-0.2, -0.15) is 0 Å². The van der Waals surface area contributed by atoms with Crippen LogP contribution < -0.4 is 15.3 Å². The van der Waals surface area contributed by atoms with E-state index in [0.717, 1.165) is 27.3 Å². The van der Waals surface area contributed by atoms with Gasteiger partial charge in [-0.3, -0.25) is 4.79 Å². The lowest BCUT2D eigenvalue weighted by Gasteiger charge is -2.03. The van der Waals surface area contributed by atoms with Crippen LogP contribution in [-0.2, 0) is 0 Å². The first-order valence-electron chi connectivity index (χ1n) is 7.89. The number of rotatable bonds is 2. The Bertz CT molecular complexity index is 1180. The van der Waals surface area contributed by atoms with Crippen molar-refractivity contribution in [2.75, 3.05) is 0 Å². The van der Waals surface area contributed by atoms with Crippen molar-refractivity contribution < 1.29 is 5.11 Å². The predicted molar refractivity (Wildman–Crippen MR) is 102 cm³/mol. The highest BCUT2D eigenvalue weighted by atomic mass is 32.1. The van der Waals surface area contributed by atoms with Crippen LogP contribution >= 0.6 is 11.3 Å². The quantitative estimate of drug-likeness (QED) is 0.759. The second kappa shape index (κ2) is 6.53. The first-order valence-corrected chi connectivity index (χ1v) is 8.71. The van der Waals surface area contributed by atoms with E-state index in [1.165, 1.54) is 10.9 Å². The normalized spacial score (nSPS) is 12.7. The molecule has 0 amide bonds. The van der Waals surface area contributed by atoms with Crippen LogP contribution in [0.15, 0.2) is 68.5 Å². The summed E-state index contributed by atoms with van der Waals surface area (Å²) in [6.07, 6.45) is 3.18. The maximum Gasteiger partial charge on any atom is 0.315 e. The van der Waals surface area contributed by atoms with Gasteiger partial charge in [0.05, 0.1) is 10.6 Å². The molecule has 2 aromatic carbocycles. The van der Waals surface area contributed by atoms with Gasteiger partial charge in [-0.1, -0.05) is 53.3 Å². The van der Waals surface area contributed by atoms with Crippen LogP contribution in [0.3, 0.4) is 0 Å². The third kappa shape index (κ3) is 3.00. The van der Waals surface area contributed by atoms with E-state index in [0.29, 0.717) is 16.4 Å². The summed E-state index contributed by atoms with van der Waals surface area (Å²) >= 11 is 1.00. The van der Waals surface area contributed by atoms with Crippen molar-refractivity contribution >= 4 is 29.6 Å². The summed E-state index contributed by atoms with van der Waals surface area (Å²) in [4.78, 5) is 16.7. The van der Waals surface area contributed by atoms with Gasteiger partial charge in [0, 0.05) is 5.22 Å². The van der Waals surface area contributed by atoms with E-state index < -0.39 is 0 Å². The van der Waals surface area contributed by atoms with Crippen molar-refractivity contribution in [3.8, 4) is 11.6 Å². The lowest BCUT2D eigenvalue weighted by atomic mass is 10.2. The van der Waals surface area contributed by atoms with Crippen LogP contribution in [-0.4, -0.2) is 16.0 Å². The molecule has 3 aromatic rings. The van der Waals surface area contributed by atoms with Crippen molar-refractivity contribution in [2.45, 2.75) is 6.92 Å². The molecule has 0 radical (unpaired) electrons. The fraction of sp³-hybridized carbons (Fsp3) is 0.0526. The van der Waals surface area contributed by atoms with Gasteiger partial charge in [-0.15, -0.1) is 10.2 Å². The molecular formula is C19H14N4O2S. The zero-order chi connectivity index (χ0) is 18.1. The van der Waals surface area contributed by atoms with E-state index in [-0.39, 0.29) is 10.8 Å². The largest absolute Gasteiger partial charge is 0.493 e. The average molecular weight is 362 g/mol. The summed E-state index contributed by atoms with van der Waals surface area (Å²) in [5, 5.41) is 19.9. The fourth-order valence-corrected chi connectivity index (χ4v) is 3.45.